The Hall–Kier alpha value is -3.06. The normalized spacial score (nSPS) is 12.2. The van der Waals surface area contributed by atoms with Crippen molar-refractivity contribution in [1.82, 2.24) is 19.2 Å². The third-order valence-corrected chi connectivity index (χ3v) is 5.66. The van der Waals surface area contributed by atoms with Crippen LogP contribution in [-0.4, -0.2) is 25.4 Å². The Labute approximate surface area is 189 Å². The zero-order valence-electron chi connectivity index (χ0n) is 18.2. The molecule has 0 N–H and O–H groups in total. The molecule has 3 heterocycles. The summed E-state index contributed by atoms with van der Waals surface area (Å²) < 4.78 is 4.38. The number of rotatable bonds is 3. The quantitative estimate of drug-likeness (QED) is 0.383. The summed E-state index contributed by atoms with van der Waals surface area (Å²) in [7, 11) is 0. The molecule has 0 saturated heterocycles. The zero-order chi connectivity index (χ0) is 22.3. The van der Waals surface area contributed by atoms with Gasteiger partial charge in [0.2, 0.25) is 0 Å². The highest BCUT2D eigenvalue weighted by atomic mass is 79.9. The summed E-state index contributed by atoms with van der Waals surface area (Å²) >= 11 is 3.45. The molecule has 0 aliphatic rings. The molecule has 0 amide bonds. The Bertz CT molecular complexity index is 1360. The van der Waals surface area contributed by atoms with E-state index >= 15 is 0 Å². The molecule has 4 rings (SSSR count). The Kier molecular flexibility index (Phi) is 5.39. The Morgan fingerprint density at radius 2 is 1.90 bits per heavy atom. The average molecular weight is 478 g/mol. The lowest BCUT2D eigenvalue weighted by atomic mass is 9.95. The van der Waals surface area contributed by atoms with E-state index in [2.05, 4.69) is 36.6 Å². The van der Waals surface area contributed by atoms with Crippen molar-refractivity contribution in [2.45, 2.75) is 40.0 Å². The van der Waals surface area contributed by atoms with Crippen LogP contribution in [0.1, 0.15) is 43.5 Å². The van der Waals surface area contributed by atoms with Gasteiger partial charge >= 0.3 is 0 Å². The summed E-state index contributed by atoms with van der Waals surface area (Å²) in [6.45, 7) is 10.2. The van der Waals surface area contributed by atoms with E-state index in [0.29, 0.717) is 16.7 Å². The molecule has 0 spiro atoms. The standard InChI is InChI=1S/C24H24BrN5O/c1-15-11-17(16(2)29(15)19-7-6-10-26-14-19)13-27-30-22(31)20-12-18(25)8-9-21(20)28-23(30)24(3,4)5/h6-14H,1-5H3. The number of aromatic nitrogens is 4. The van der Waals surface area contributed by atoms with Gasteiger partial charge in [-0.15, -0.1) is 0 Å². The number of hydrogen-bond acceptors (Lipinski definition) is 4. The molecule has 158 valence electrons. The predicted octanol–water partition coefficient (Wildman–Crippen LogP) is 5.14. The van der Waals surface area contributed by atoms with Crippen molar-refractivity contribution in [3.63, 3.8) is 0 Å². The van der Waals surface area contributed by atoms with Crippen molar-refractivity contribution < 1.29 is 0 Å². The molecule has 0 bridgehead atoms. The van der Waals surface area contributed by atoms with Crippen molar-refractivity contribution in [2.24, 2.45) is 5.10 Å². The molecular weight excluding hydrogens is 454 g/mol. The highest BCUT2D eigenvalue weighted by molar-refractivity contribution is 9.10. The Balaban J connectivity index is 1.87. The first-order valence-corrected chi connectivity index (χ1v) is 10.8. The number of nitrogens with zero attached hydrogens (tertiary/aromatic N) is 5. The fraction of sp³-hybridized carbons (Fsp3) is 0.250. The molecule has 0 radical (unpaired) electrons. The molecule has 3 aromatic heterocycles. The summed E-state index contributed by atoms with van der Waals surface area (Å²) in [5.41, 5.74) is 4.13. The van der Waals surface area contributed by atoms with Crippen molar-refractivity contribution in [3.8, 4) is 5.69 Å². The van der Waals surface area contributed by atoms with Crippen molar-refractivity contribution in [1.29, 1.82) is 0 Å². The van der Waals surface area contributed by atoms with Gasteiger partial charge in [-0.25, -0.2) is 4.98 Å². The van der Waals surface area contributed by atoms with E-state index in [1.165, 1.54) is 4.68 Å². The molecule has 6 nitrogen and oxygen atoms in total. The molecule has 7 heteroatoms. The molecular formula is C24H24BrN5O. The van der Waals surface area contributed by atoms with Gasteiger partial charge < -0.3 is 4.57 Å². The van der Waals surface area contributed by atoms with Crippen LogP contribution in [0, 0.1) is 13.8 Å². The van der Waals surface area contributed by atoms with Crippen LogP contribution in [0.25, 0.3) is 16.6 Å². The number of fused-ring (bicyclic) bond motifs is 1. The third kappa shape index (κ3) is 3.97. The number of halogens is 1. The number of hydrogen-bond donors (Lipinski definition) is 0. The van der Waals surface area contributed by atoms with E-state index in [-0.39, 0.29) is 11.0 Å². The molecule has 4 aromatic rings. The molecule has 31 heavy (non-hydrogen) atoms. The summed E-state index contributed by atoms with van der Waals surface area (Å²) in [5, 5.41) is 5.13. The monoisotopic (exact) mass is 477 g/mol. The summed E-state index contributed by atoms with van der Waals surface area (Å²) in [5.74, 6) is 0.615. The maximum Gasteiger partial charge on any atom is 0.282 e. The van der Waals surface area contributed by atoms with Crippen molar-refractivity contribution >= 4 is 33.0 Å². The van der Waals surface area contributed by atoms with Gasteiger partial charge in [-0.2, -0.15) is 9.78 Å². The highest BCUT2D eigenvalue weighted by Crippen LogP contribution is 2.23. The minimum absolute atomic E-state index is 0.187. The molecule has 0 unspecified atom stereocenters. The second kappa shape index (κ2) is 7.89. The predicted molar refractivity (Wildman–Crippen MR) is 128 cm³/mol. The first kappa shape index (κ1) is 21.2. The largest absolute Gasteiger partial charge is 0.316 e. The van der Waals surface area contributed by atoms with Gasteiger partial charge in [0, 0.05) is 33.0 Å². The molecule has 1 aromatic carbocycles. The SMILES string of the molecule is Cc1cc(C=Nn2c(C(C)(C)C)nc3ccc(Br)cc3c2=O)c(C)n1-c1cccnc1. The maximum absolute atomic E-state index is 13.3. The molecule has 0 fully saturated rings. The van der Waals surface area contributed by atoms with E-state index in [0.717, 1.165) is 27.1 Å². The van der Waals surface area contributed by atoms with Crippen LogP contribution in [0.3, 0.4) is 0 Å². The smallest absolute Gasteiger partial charge is 0.282 e. The molecule has 0 saturated carbocycles. The average Bonchev–Trinajstić information content (AvgIpc) is 3.00. The van der Waals surface area contributed by atoms with Gasteiger partial charge in [-0.1, -0.05) is 36.7 Å². The Morgan fingerprint density at radius 1 is 1.13 bits per heavy atom. The van der Waals surface area contributed by atoms with Crippen LogP contribution in [-0.2, 0) is 5.41 Å². The summed E-state index contributed by atoms with van der Waals surface area (Å²) in [4.78, 5) is 22.3. The summed E-state index contributed by atoms with van der Waals surface area (Å²) in [6, 6.07) is 11.5. The van der Waals surface area contributed by atoms with Gasteiger partial charge in [0.15, 0.2) is 0 Å². The number of benzene rings is 1. The van der Waals surface area contributed by atoms with E-state index in [4.69, 9.17) is 4.98 Å². The van der Waals surface area contributed by atoms with Crippen LogP contribution in [0.15, 0.2) is 63.2 Å². The van der Waals surface area contributed by atoms with Crippen molar-refractivity contribution in [2.75, 3.05) is 0 Å². The fourth-order valence-electron chi connectivity index (χ4n) is 3.66. The second-order valence-electron chi connectivity index (χ2n) is 8.58. The zero-order valence-corrected chi connectivity index (χ0v) is 19.8. The maximum atomic E-state index is 13.3. The molecule has 0 aliphatic carbocycles. The second-order valence-corrected chi connectivity index (χ2v) is 9.50. The lowest BCUT2D eigenvalue weighted by Crippen LogP contribution is -2.29. The molecule has 0 atom stereocenters. The minimum atomic E-state index is -0.357. The lowest BCUT2D eigenvalue weighted by molar-refractivity contribution is 0.506. The number of pyridine rings is 1. The van der Waals surface area contributed by atoms with Crippen LogP contribution in [0.4, 0.5) is 0 Å². The molecule has 0 aliphatic heterocycles. The summed E-state index contributed by atoms with van der Waals surface area (Å²) in [6.07, 6.45) is 5.32. The van der Waals surface area contributed by atoms with E-state index in [1.807, 2.05) is 65.1 Å². The van der Waals surface area contributed by atoms with Crippen LogP contribution in [0.2, 0.25) is 0 Å². The Morgan fingerprint density at radius 3 is 2.58 bits per heavy atom. The van der Waals surface area contributed by atoms with E-state index in [1.54, 1.807) is 18.5 Å². The fourth-order valence-corrected chi connectivity index (χ4v) is 4.02. The van der Waals surface area contributed by atoms with E-state index < -0.39 is 0 Å². The lowest BCUT2D eigenvalue weighted by Gasteiger charge is -2.20. The van der Waals surface area contributed by atoms with Crippen molar-refractivity contribution in [3.05, 3.63) is 86.4 Å². The topological polar surface area (TPSA) is 65.1 Å². The van der Waals surface area contributed by atoms with Crippen LogP contribution >= 0.6 is 15.9 Å². The van der Waals surface area contributed by atoms with Gasteiger partial charge in [0.1, 0.15) is 5.82 Å². The van der Waals surface area contributed by atoms with Gasteiger partial charge in [0.25, 0.3) is 5.56 Å². The van der Waals surface area contributed by atoms with Gasteiger partial charge in [-0.05, 0) is 50.2 Å². The van der Waals surface area contributed by atoms with Crippen LogP contribution in [0.5, 0.6) is 0 Å². The number of aryl methyl sites for hydroxylation is 1. The first-order valence-electron chi connectivity index (χ1n) is 10.0. The van der Waals surface area contributed by atoms with Gasteiger partial charge in [0.05, 0.1) is 29.0 Å². The highest BCUT2D eigenvalue weighted by Gasteiger charge is 2.23. The van der Waals surface area contributed by atoms with E-state index in [9.17, 15) is 4.79 Å². The third-order valence-electron chi connectivity index (χ3n) is 5.17. The van der Waals surface area contributed by atoms with Gasteiger partial charge in [-0.3, -0.25) is 9.78 Å². The first-order chi connectivity index (χ1) is 14.7. The van der Waals surface area contributed by atoms with Crippen LogP contribution < -0.4 is 5.56 Å². The minimum Gasteiger partial charge on any atom is -0.316 e.